The molecule has 0 amide bonds. The topological polar surface area (TPSA) is 91.8 Å². The third kappa shape index (κ3) is 4.76. The number of hydrogen-bond donors (Lipinski definition) is 1. The molecule has 5 rings (SSSR count). The Bertz CT molecular complexity index is 1460. The highest BCUT2D eigenvalue weighted by Gasteiger charge is 2.33. The predicted molar refractivity (Wildman–Crippen MR) is 137 cm³/mol. The highest BCUT2D eigenvalue weighted by Crippen LogP contribution is 2.47. The van der Waals surface area contributed by atoms with E-state index >= 15 is 0 Å². The van der Waals surface area contributed by atoms with E-state index in [0.717, 1.165) is 29.4 Å². The van der Waals surface area contributed by atoms with Crippen LogP contribution < -0.4 is 15.8 Å². The van der Waals surface area contributed by atoms with Crippen LogP contribution in [-0.4, -0.2) is 45.6 Å². The Morgan fingerprint density at radius 1 is 1.03 bits per heavy atom. The highest BCUT2D eigenvalue weighted by molar-refractivity contribution is 7.71. The zero-order chi connectivity index (χ0) is 24.4. The van der Waals surface area contributed by atoms with E-state index in [2.05, 4.69) is 27.1 Å². The summed E-state index contributed by atoms with van der Waals surface area (Å²) < 4.78 is 28.8. The quantitative estimate of drug-likeness (QED) is 0.412. The summed E-state index contributed by atoms with van der Waals surface area (Å²) in [4.78, 5) is 23.0. The summed E-state index contributed by atoms with van der Waals surface area (Å²) in [7, 11) is -2.92. The number of nitrogens with zero attached hydrogens (tertiary/aromatic N) is 4. The van der Waals surface area contributed by atoms with Crippen LogP contribution in [-0.2, 0) is 17.4 Å². The normalized spacial score (nSPS) is 15.4. The Kier molecular flexibility index (Phi) is 6.48. The van der Waals surface area contributed by atoms with Gasteiger partial charge in [0.25, 0.3) is 5.56 Å². The Labute approximate surface area is 202 Å². The van der Waals surface area contributed by atoms with Crippen LogP contribution >= 0.6 is 7.14 Å². The lowest BCUT2D eigenvalue weighted by Gasteiger charge is -2.32. The second-order valence-electron chi connectivity index (χ2n) is 8.97. The van der Waals surface area contributed by atoms with Crippen LogP contribution in [0.3, 0.4) is 0 Å². The van der Waals surface area contributed by atoms with Crippen LogP contribution in [0.4, 0.5) is 10.3 Å². The van der Waals surface area contributed by atoms with Gasteiger partial charge in [0.05, 0.1) is 11.1 Å². The van der Waals surface area contributed by atoms with Gasteiger partial charge in [-0.3, -0.25) is 4.79 Å². The standard InChI is InChI=1S/C26H27FN5O2P/c1-2-5-19-16-28-26(29-17-19)32-10-12-35(34,13-11-32)24-15-18(8-9-22(24)27)14-23-20-6-3-4-7-21(20)25(33)31-30-23/h3-4,6-9,15-17H,2,5,10-14H2,1H3,(H,31,33). The van der Waals surface area contributed by atoms with Gasteiger partial charge in [-0.05, 0) is 35.7 Å². The van der Waals surface area contributed by atoms with Gasteiger partial charge in [0.2, 0.25) is 5.95 Å². The van der Waals surface area contributed by atoms with Crippen molar-refractivity contribution in [1.82, 2.24) is 20.2 Å². The molecule has 0 aliphatic carbocycles. The van der Waals surface area contributed by atoms with Crippen molar-refractivity contribution in [2.45, 2.75) is 26.2 Å². The van der Waals surface area contributed by atoms with Crippen molar-refractivity contribution in [3.05, 3.63) is 87.9 Å². The molecular weight excluding hydrogens is 464 g/mol. The van der Waals surface area contributed by atoms with Gasteiger partial charge in [-0.25, -0.2) is 19.5 Å². The van der Waals surface area contributed by atoms with Crippen molar-refractivity contribution in [3.8, 4) is 0 Å². The number of anilines is 1. The lowest BCUT2D eigenvalue weighted by molar-refractivity contribution is 0.570. The van der Waals surface area contributed by atoms with Gasteiger partial charge in [-0.1, -0.05) is 37.6 Å². The van der Waals surface area contributed by atoms with E-state index in [-0.39, 0.29) is 5.56 Å². The molecule has 0 radical (unpaired) electrons. The Hall–Kier alpha value is -3.38. The van der Waals surface area contributed by atoms with Crippen molar-refractivity contribution >= 4 is 29.2 Å². The van der Waals surface area contributed by atoms with Gasteiger partial charge in [0, 0.05) is 54.9 Å². The maximum atomic E-state index is 14.9. The minimum Gasteiger partial charge on any atom is -0.340 e. The van der Waals surface area contributed by atoms with Crippen molar-refractivity contribution in [2.75, 3.05) is 30.3 Å². The van der Waals surface area contributed by atoms with Gasteiger partial charge in [0.1, 0.15) is 13.0 Å². The average molecular weight is 492 g/mol. The SMILES string of the molecule is CCCc1cnc(N2CCP(=O)(c3cc(Cc4n[nH]c(=O)c5ccccc45)ccc3F)CC2)nc1. The maximum Gasteiger partial charge on any atom is 0.272 e. The van der Waals surface area contributed by atoms with E-state index in [1.807, 2.05) is 29.4 Å². The van der Waals surface area contributed by atoms with E-state index in [9.17, 15) is 13.8 Å². The Morgan fingerprint density at radius 2 is 1.74 bits per heavy atom. The fourth-order valence-corrected chi connectivity index (χ4v) is 7.34. The van der Waals surface area contributed by atoms with E-state index in [1.165, 1.54) is 6.07 Å². The summed E-state index contributed by atoms with van der Waals surface area (Å²) in [6.45, 7) is 3.14. The number of aryl methyl sites for hydroxylation is 1. The molecule has 0 saturated carbocycles. The summed E-state index contributed by atoms with van der Waals surface area (Å²) >= 11 is 0. The number of halogens is 1. The van der Waals surface area contributed by atoms with Crippen molar-refractivity contribution in [3.63, 3.8) is 0 Å². The first-order valence-corrected chi connectivity index (χ1v) is 13.9. The predicted octanol–water partition coefficient (Wildman–Crippen LogP) is 3.90. The first-order chi connectivity index (χ1) is 17.0. The summed E-state index contributed by atoms with van der Waals surface area (Å²) in [6.07, 6.45) is 6.80. The van der Waals surface area contributed by atoms with Gasteiger partial charge in [0.15, 0.2) is 0 Å². The van der Waals surface area contributed by atoms with E-state index < -0.39 is 13.0 Å². The molecule has 1 aliphatic heterocycles. The molecule has 0 unspecified atom stereocenters. The fourth-order valence-electron chi connectivity index (χ4n) is 4.64. The molecule has 180 valence electrons. The lowest BCUT2D eigenvalue weighted by atomic mass is 10.0. The zero-order valence-electron chi connectivity index (χ0n) is 19.6. The molecular formula is C26H27FN5O2P. The Balaban J connectivity index is 1.36. The summed E-state index contributed by atoms with van der Waals surface area (Å²) in [6, 6.07) is 12.1. The molecule has 35 heavy (non-hydrogen) atoms. The molecule has 0 spiro atoms. The lowest BCUT2D eigenvalue weighted by Crippen LogP contribution is -2.38. The summed E-state index contributed by atoms with van der Waals surface area (Å²) in [5, 5.41) is 8.37. The van der Waals surface area contributed by atoms with Crippen LogP contribution in [0.5, 0.6) is 0 Å². The van der Waals surface area contributed by atoms with Crippen LogP contribution in [0.1, 0.15) is 30.2 Å². The van der Waals surface area contributed by atoms with Crippen LogP contribution in [0.2, 0.25) is 0 Å². The first kappa shape index (κ1) is 23.4. The molecule has 1 N–H and O–H groups in total. The molecule has 7 nitrogen and oxygen atoms in total. The number of rotatable bonds is 6. The maximum absolute atomic E-state index is 14.9. The molecule has 3 heterocycles. The third-order valence-electron chi connectivity index (χ3n) is 6.57. The molecule has 4 aromatic rings. The van der Waals surface area contributed by atoms with Crippen LogP contribution in [0, 0.1) is 5.82 Å². The largest absolute Gasteiger partial charge is 0.340 e. The van der Waals surface area contributed by atoms with Gasteiger partial charge >= 0.3 is 0 Å². The van der Waals surface area contributed by atoms with Gasteiger partial charge in [-0.2, -0.15) is 5.10 Å². The number of benzene rings is 2. The molecule has 0 atom stereocenters. The number of hydrogen-bond acceptors (Lipinski definition) is 6. The van der Waals surface area contributed by atoms with E-state index in [0.29, 0.717) is 54.2 Å². The molecule has 2 aromatic carbocycles. The fraction of sp³-hybridized carbons (Fsp3) is 0.308. The smallest absolute Gasteiger partial charge is 0.272 e. The van der Waals surface area contributed by atoms with Gasteiger partial charge < -0.3 is 9.46 Å². The van der Waals surface area contributed by atoms with Crippen molar-refractivity contribution in [2.24, 2.45) is 0 Å². The average Bonchev–Trinajstić information content (AvgIpc) is 2.88. The van der Waals surface area contributed by atoms with Crippen LogP contribution in [0.25, 0.3) is 10.8 Å². The van der Waals surface area contributed by atoms with E-state index in [1.54, 1.807) is 24.3 Å². The second-order valence-corrected chi connectivity index (χ2v) is 12.1. The number of fused-ring (bicyclic) bond motifs is 1. The number of H-pyrrole nitrogens is 1. The van der Waals surface area contributed by atoms with Crippen LogP contribution in [0.15, 0.2) is 59.7 Å². The van der Waals surface area contributed by atoms with E-state index in [4.69, 9.17) is 0 Å². The number of aromatic nitrogens is 4. The minimum atomic E-state index is -2.92. The molecule has 1 fully saturated rings. The number of nitrogens with one attached hydrogen (secondary N) is 1. The Morgan fingerprint density at radius 3 is 2.46 bits per heavy atom. The molecule has 9 heteroatoms. The monoisotopic (exact) mass is 491 g/mol. The third-order valence-corrected chi connectivity index (χ3v) is 9.64. The first-order valence-electron chi connectivity index (χ1n) is 11.9. The molecule has 1 aliphatic rings. The molecule has 0 bridgehead atoms. The second kappa shape index (κ2) is 9.70. The minimum absolute atomic E-state index is 0.246. The zero-order valence-corrected chi connectivity index (χ0v) is 20.5. The molecule has 1 saturated heterocycles. The number of aromatic amines is 1. The highest BCUT2D eigenvalue weighted by atomic mass is 31.2. The molecule has 2 aromatic heterocycles. The summed E-state index contributed by atoms with van der Waals surface area (Å²) in [5.41, 5.74) is 2.35. The van der Waals surface area contributed by atoms with Crippen molar-refractivity contribution < 1.29 is 8.96 Å². The van der Waals surface area contributed by atoms with Crippen molar-refractivity contribution in [1.29, 1.82) is 0 Å². The summed E-state index contributed by atoms with van der Waals surface area (Å²) in [5.74, 6) is 0.186. The van der Waals surface area contributed by atoms with Gasteiger partial charge in [-0.15, -0.1) is 0 Å².